The summed E-state index contributed by atoms with van der Waals surface area (Å²) in [5.74, 6) is -0.156. The van der Waals surface area contributed by atoms with E-state index in [1.54, 1.807) is 11.8 Å². The molecule has 2 heterocycles. The average Bonchev–Trinajstić information content (AvgIpc) is 3.04. The molecule has 1 aromatic carbocycles. The van der Waals surface area contributed by atoms with Crippen LogP contribution in [0.1, 0.15) is 31.7 Å². The van der Waals surface area contributed by atoms with Crippen molar-refractivity contribution < 1.29 is 13.2 Å². The number of fused-ring (bicyclic) bond motifs is 1. The first-order chi connectivity index (χ1) is 12.5. The van der Waals surface area contributed by atoms with Crippen molar-refractivity contribution in [1.29, 1.82) is 0 Å². The number of para-hydroxylation sites is 1. The quantitative estimate of drug-likeness (QED) is 0.682. The van der Waals surface area contributed by atoms with E-state index in [1.807, 2.05) is 30.5 Å². The van der Waals surface area contributed by atoms with Gasteiger partial charge in [-0.2, -0.15) is 13.1 Å². The van der Waals surface area contributed by atoms with Crippen LogP contribution in [-0.2, 0) is 21.4 Å². The molecule has 0 radical (unpaired) electrons. The van der Waals surface area contributed by atoms with Gasteiger partial charge in [-0.25, -0.2) is 4.72 Å². The monoisotopic (exact) mass is 378 g/mol. The fourth-order valence-corrected chi connectivity index (χ4v) is 4.48. The van der Waals surface area contributed by atoms with E-state index in [0.29, 0.717) is 19.5 Å². The number of benzene rings is 1. The molecule has 26 heavy (non-hydrogen) atoms. The number of carbonyl (C=O) groups is 1. The summed E-state index contributed by atoms with van der Waals surface area (Å²) in [5.41, 5.74) is 1.90. The van der Waals surface area contributed by atoms with Gasteiger partial charge < -0.3 is 9.88 Å². The Balaban J connectivity index is 1.85. The van der Waals surface area contributed by atoms with E-state index in [-0.39, 0.29) is 12.5 Å². The highest BCUT2D eigenvalue weighted by molar-refractivity contribution is 7.87. The van der Waals surface area contributed by atoms with Crippen molar-refractivity contribution in [3.8, 4) is 0 Å². The first-order valence-electron chi connectivity index (χ1n) is 9.11. The Morgan fingerprint density at radius 2 is 1.96 bits per heavy atom. The van der Waals surface area contributed by atoms with Gasteiger partial charge in [0.15, 0.2) is 0 Å². The lowest BCUT2D eigenvalue weighted by Crippen LogP contribution is -2.53. The van der Waals surface area contributed by atoms with Crippen molar-refractivity contribution in [2.24, 2.45) is 0 Å². The molecule has 0 bridgehead atoms. The number of hydrogen-bond donors (Lipinski definition) is 3. The van der Waals surface area contributed by atoms with Gasteiger partial charge in [0.2, 0.25) is 5.91 Å². The van der Waals surface area contributed by atoms with E-state index in [1.165, 1.54) is 0 Å². The largest absolute Gasteiger partial charge is 0.361 e. The molecule has 0 aliphatic carbocycles. The van der Waals surface area contributed by atoms with Gasteiger partial charge in [-0.15, -0.1) is 0 Å². The first-order valence-corrected chi connectivity index (χ1v) is 10.6. The maximum atomic E-state index is 13.0. The molecule has 1 aliphatic heterocycles. The van der Waals surface area contributed by atoms with E-state index >= 15 is 0 Å². The number of nitrogens with zero attached hydrogens (tertiary/aromatic N) is 1. The van der Waals surface area contributed by atoms with Crippen LogP contribution in [0.15, 0.2) is 30.5 Å². The molecular weight excluding hydrogens is 352 g/mol. The predicted molar refractivity (Wildman–Crippen MR) is 102 cm³/mol. The van der Waals surface area contributed by atoms with Crippen LogP contribution in [0.4, 0.5) is 0 Å². The third-order valence-corrected chi connectivity index (χ3v) is 5.96. The molecule has 3 rings (SSSR count). The molecule has 3 N–H and O–H groups in total. The third-order valence-electron chi connectivity index (χ3n) is 4.70. The van der Waals surface area contributed by atoms with Gasteiger partial charge in [0.05, 0.1) is 0 Å². The molecule has 1 fully saturated rings. The summed E-state index contributed by atoms with van der Waals surface area (Å²) in [5, 5.41) is 1.01. The highest BCUT2D eigenvalue weighted by Crippen LogP contribution is 2.20. The van der Waals surface area contributed by atoms with Crippen LogP contribution in [0.3, 0.4) is 0 Å². The van der Waals surface area contributed by atoms with Crippen molar-refractivity contribution in [2.45, 2.75) is 38.6 Å². The topological polar surface area (TPSA) is 94.3 Å². The van der Waals surface area contributed by atoms with E-state index in [2.05, 4.69) is 14.4 Å². The molecule has 1 aliphatic rings. The molecular formula is C18H26N4O3S. The van der Waals surface area contributed by atoms with Crippen molar-refractivity contribution in [2.75, 3.05) is 19.6 Å². The number of H-pyrrole nitrogens is 1. The van der Waals surface area contributed by atoms with Crippen molar-refractivity contribution in [3.63, 3.8) is 0 Å². The zero-order chi connectivity index (χ0) is 18.6. The Kier molecular flexibility index (Phi) is 5.95. The second-order valence-corrected chi connectivity index (χ2v) is 8.15. The SMILES string of the molecule is CCNS(=O)(=O)NC(Cc1c[nH]c2ccccc12)C(=O)N1CCCCC1. The zero-order valence-electron chi connectivity index (χ0n) is 15.0. The summed E-state index contributed by atoms with van der Waals surface area (Å²) in [6, 6.07) is 6.99. The highest BCUT2D eigenvalue weighted by atomic mass is 32.2. The van der Waals surface area contributed by atoms with Crippen LogP contribution in [-0.4, -0.2) is 49.9 Å². The number of aromatic nitrogens is 1. The molecule has 1 saturated heterocycles. The molecule has 2 aromatic rings. The molecule has 7 nitrogen and oxygen atoms in total. The van der Waals surface area contributed by atoms with Crippen LogP contribution in [0.25, 0.3) is 10.9 Å². The summed E-state index contributed by atoms with van der Waals surface area (Å²) < 4.78 is 29.4. The second kappa shape index (κ2) is 8.20. The Hall–Kier alpha value is -1.90. The fourth-order valence-electron chi connectivity index (χ4n) is 3.45. The minimum Gasteiger partial charge on any atom is -0.361 e. The van der Waals surface area contributed by atoms with E-state index in [9.17, 15) is 13.2 Å². The van der Waals surface area contributed by atoms with Crippen molar-refractivity contribution in [3.05, 3.63) is 36.0 Å². The highest BCUT2D eigenvalue weighted by Gasteiger charge is 2.29. The van der Waals surface area contributed by atoms with E-state index < -0.39 is 16.3 Å². The minimum atomic E-state index is -3.73. The number of aromatic amines is 1. The van der Waals surface area contributed by atoms with Crippen LogP contribution < -0.4 is 9.44 Å². The first kappa shape index (κ1) is 18.9. The van der Waals surface area contributed by atoms with Crippen LogP contribution in [0.2, 0.25) is 0 Å². The number of amides is 1. The maximum Gasteiger partial charge on any atom is 0.277 e. The average molecular weight is 378 g/mol. The van der Waals surface area contributed by atoms with E-state index in [0.717, 1.165) is 35.7 Å². The molecule has 0 saturated carbocycles. The summed E-state index contributed by atoms with van der Waals surface area (Å²) in [6.45, 7) is 3.35. The lowest BCUT2D eigenvalue weighted by Gasteiger charge is -2.30. The molecule has 1 unspecified atom stereocenters. The Labute approximate surface area is 154 Å². The smallest absolute Gasteiger partial charge is 0.277 e. The summed E-state index contributed by atoms with van der Waals surface area (Å²) in [4.78, 5) is 18.0. The lowest BCUT2D eigenvalue weighted by molar-refractivity contribution is -0.133. The van der Waals surface area contributed by atoms with Gasteiger partial charge in [0.25, 0.3) is 10.2 Å². The van der Waals surface area contributed by atoms with Crippen LogP contribution in [0.5, 0.6) is 0 Å². The fraction of sp³-hybridized carbons (Fsp3) is 0.500. The summed E-state index contributed by atoms with van der Waals surface area (Å²) >= 11 is 0. The Bertz CT molecular complexity index is 856. The van der Waals surface area contributed by atoms with Crippen LogP contribution >= 0.6 is 0 Å². The Morgan fingerprint density at radius 1 is 1.23 bits per heavy atom. The van der Waals surface area contributed by atoms with Gasteiger partial charge in [-0.1, -0.05) is 25.1 Å². The molecule has 1 aromatic heterocycles. The number of rotatable bonds is 7. The number of piperidine rings is 1. The summed E-state index contributed by atoms with van der Waals surface area (Å²) in [6.07, 6.45) is 5.20. The van der Waals surface area contributed by atoms with Gasteiger partial charge in [-0.05, 0) is 37.3 Å². The van der Waals surface area contributed by atoms with Crippen molar-refractivity contribution >= 4 is 27.0 Å². The number of carbonyl (C=O) groups excluding carboxylic acids is 1. The minimum absolute atomic E-state index is 0.156. The lowest BCUT2D eigenvalue weighted by atomic mass is 10.0. The number of likely N-dealkylation sites (tertiary alicyclic amines) is 1. The normalized spacial score (nSPS) is 16.7. The third kappa shape index (κ3) is 4.44. The summed E-state index contributed by atoms with van der Waals surface area (Å²) in [7, 11) is -3.73. The standard InChI is InChI=1S/C18H26N4O3S/c1-2-20-26(24,25)21-17(18(23)22-10-6-3-7-11-22)12-14-13-19-16-9-5-4-8-15(14)16/h4-5,8-9,13,17,19-21H,2-3,6-7,10-12H2,1H3. The molecule has 0 spiro atoms. The van der Waals surface area contributed by atoms with E-state index in [4.69, 9.17) is 0 Å². The molecule has 1 amide bonds. The zero-order valence-corrected chi connectivity index (χ0v) is 15.8. The van der Waals surface area contributed by atoms with Gasteiger partial charge in [-0.3, -0.25) is 4.79 Å². The predicted octanol–water partition coefficient (Wildman–Crippen LogP) is 1.54. The van der Waals surface area contributed by atoms with Gasteiger partial charge in [0.1, 0.15) is 6.04 Å². The molecule has 1 atom stereocenters. The second-order valence-electron chi connectivity index (χ2n) is 6.62. The number of hydrogen-bond acceptors (Lipinski definition) is 3. The molecule has 142 valence electrons. The van der Waals surface area contributed by atoms with Gasteiger partial charge >= 0.3 is 0 Å². The molecule has 8 heteroatoms. The Morgan fingerprint density at radius 3 is 2.69 bits per heavy atom. The van der Waals surface area contributed by atoms with Crippen molar-refractivity contribution in [1.82, 2.24) is 19.3 Å². The maximum absolute atomic E-state index is 13.0. The van der Waals surface area contributed by atoms with Gasteiger partial charge in [0, 0.05) is 36.7 Å². The van der Waals surface area contributed by atoms with Crippen LogP contribution in [0, 0.1) is 0 Å². The number of nitrogens with one attached hydrogen (secondary N) is 3.